The molecule has 0 aliphatic rings. The molecule has 0 bridgehead atoms. The molecule has 0 saturated carbocycles. The van der Waals surface area contributed by atoms with Gasteiger partial charge < -0.3 is 10.4 Å². The number of aromatic nitrogens is 2. The molecule has 1 aromatic heterocycles. The maximum Gasteiger partial charge on any atom is 0.134 e. The van der Waals surface area contributed by atoms with E-state index in [0.29, 0.717) is 0 Å². The van der Waals surface area contributed by atoms with Crippen LogP contribution >= 0.6 is 23.3 Å². The molecule has 0 aliphatic carbocycles. The minimum absolute atomic E-state index is 0.266. The van der Waals surface area contributed by atoms with Crippen molar-refractivity contribution < 1.29 is 5.11 Å². The van der Waals surface area contributed by atoms with E-state index < -0.39 is 0 Å². The molecule has 14 heavy (non-hydrogen) atoms. The summed E-state index contributed by atoms with van der Waals surface area (Å²) >= 11 is 3.18. The van der Waals surface area contributed by atoms with Gasteiger partial charge in [-0.3, -0.25) is 0 Å². The molecule has 4 nitrogen and oxygen atoms in total. The summed E-state index contributed by atoms with van der Waals surface area (Å²) in [5, 5.41) is 17.0. The number of anilines is 1. The highest BCUT2D eigenvalue weighted by Crippen LogP contribution is 2.22. The Morgan fingerprint density at radius 3 is 3.14 bits per heavy atom. The van der Waals surface area contributed by atoms with Crippen LogP contribution in [-0.2, 0) is 5.75 Å². The summed E-state index contributed by atoms with van der Waals surface area (Å²) in [5.74, 6) is 1.85. The SMILES string of the molecule is CCNc1snnc1CSCCCO. The van der Waals surface area contributed by atoms with Crippen molar-refractivity contribution >= 4 is 28.3 Å². The first-order valence-corrected chi connectivity index (χ1v) is 6.55. The Bertz CT molecular complexity index is 254. The van der Waals surface area contributed by atoms with Crippen LogP contribution in [0.2, 0.25) is 0 Å². The van der Waals surface area contributed by atoms with Gasteiger partial charge in [0, 0.05) is 30.4 Å². The Balaban J connectivity index is 2.30. The van der Waals surface area contributed by atoms with Gasteiger partial charge in [-0.05, 0) is 19.1 Å². The van der Waals surface area contributed by atoms with E-state index in [1.54, 1.807) is 11.8 Å². The van der Waals surface area contributed by atoms with Gasteiger partial charge in [0.05, 0.1) is 0 Å². The Kier molecular flexibility index (Phi) is 5.89. The number of aliphatic hydroxyl groups excluding tert-OH is 1. The van der Waals surface area contributed by atoms with Crippen LogP contribution in [0.15, 0.2) is 0 Å². The molecule has 1 heterocycles. The second kappa shape index (κ2) is 7.03. The molecule has 6 heteroatoms. The number of rotatable bonds is 7. The monoisotopic (exact) mass is 233 g/mol. The third kappa shape index (κ3) is 3.81. The number of nitrogens with zero attached hydrogens (tertiary/aromatic N) is 2. The van der Waals surface area contributed by atoms with Crippen LogP contribution in [-0.4, -0.2) is 33.6 Å². The average molecular weight is 233 g/mol. The van der Waals surface area contributed by atoms with Gasteiger partial charge in [-0.15, -0.1) is 5.10 Å². The van der Waals surface area contributed by atoms with E-state index >= 15 is 0 Å². The number of aliphatic hydroxyl groups is 1. The Morgan fingerprint density at radius 2 is 2.43 bits per heavy atom. The topological polar surface area (TPSA) is 58.0 Å². The van der Waals surface area contributed by atoms with Crippen molar-refractivity contribution in [2.45, 2.75) is 19.1 Å². The highest BCUT2D eigenvalue weighted by Gasteiger charge is 2.05. The second-order valence-corrected chi connectivity index (χ2v) is 4.57. The maximum absolute atomic E-state index is 8.61. The van der Waals surface area contributed by atoms with Gasteiger partial charge in [0.2, 0.25) is 0 Å². The van der Waals surface area contributed by atoms with Crippen LogP contribution in [0.3, 0.4) is 0 Å². The first kappa shape index (κ1) is 11.7. The van der Waals surface area contributed by atoms with Crippen LogP contribution in [0.4, 0.5) is 5.00 Å². The van der Waals surface area contributed by atoms with Crippen molar-refractivity contribution in [3.05, 3.63) is 5.69 Å². The van der Waals surface area contributed by atoms with Crippen molar-refractivity contribution in [3.8, 4) is 0 Å². The van der Waals surface area contributed by atoms with E-state index in [-0.39, 0.29) is 6.61 Å². The maximum atomic E-state index is 8.61. The molecular weight excluding hydrogens is 218 g/mol. The lowest BCUT2D eigenvalue weighted by Crippen LogP contribution is -1.97. The number of hydrogen-bond acceptors (Lipinski definition) is 6. The molecule has 0 unspecified atom stereocenters. The minimum atomic E-state index is 0.266. The average Bonchev–Trinajstić information content (AvgIpc) is 2.61. The molecule has 0 radical (unpaired) electrons. The molecule has 0 amide bonds. The largest absolute Gasteiger partial charge is 0.396 e. The van der Waals surface area contributed by atoms with Crippen LogP contribution in [0.25, 0.3) is 0 Å². The lowest BCUT2D eigenvalue weighted by molar-refractivity contribution is 0.296. The Labute approximate surface area is 92.3 Å². The van der Waals surface area contributed by atoms with E-state index in [1.165, 1.54) is 11.5 Å². The van der Waals surface area contributed by atoms with Crippen molar-refractivity contribution in [3.63, 3.8) is 0 Å². The van der Waals surface area contributed by atoms with Crippen LogP contribution < -0.4 is 5.32 Å². The van der Waals surface area contributed by atoms with Crippen molar-refractivity contribution in [2.75, 3.05) is 24.2 Å². The zero-order valence-corrected chi connectivity index (χ0v) is 9.83. The standard InChI is InChI=1S/C8H15N3OS2/c1-2-9-8-7(10-11-14-8)6-13-5-3-4-12/h9,12H,2-6H2,1H3. The number of thioether (sulfide) groups is 1. The van der Waals surface area contributed by atoms with E-state index in [2.05, 4.69) is 21.8 Å². The van der Waals surface area contributed by atoms with Crippen molar-refractivity contribution in [1.82, 2.24) is 9.59 Å². The van der Waals surface area contributed by atoms with E-state index in [9.17, 15) is 0 Å². The highest BCUT2D eigenvalue weighted by atomic mass is 32.2. The molecule has 2 N–H and O–H groups in total. The highest BCUT2D eigenvalue weighted by molar-refractivity contribution is 7.98. The summed E-state index contributed by atoms with van der Waals surface area (Å²) in [6, 6.07) is 0. The normalized spacial score (nSPS) is 10.4. The van der Waals surface area contributed by atoms with Gasteiger partial charge in [0.15, 0.2) is 0 Å². The zero-order chi connectivity index (χ0) is 10.2. The quantitative estimate of drug-likeness (QED) is 0.700. The second-order valence-electron chi connectivity index (χ2n) is 2.71. The Hall–Kier alpha value is -0.330. The summed E-state index contributed by atoms with van der Waals surface area (Å²) in [5.41, 5.74) is 1.03. The summed E-state index contributed by atoms with van der Waals surface area (Å²) < 4.78 is 3.91. The molecular formula is C8H15N3OS2. The fourth-order valence-corrected chi connectivity index (χ4v) is 2.55. The smallest absolute Gasteiger partial charge is 0.134 e. The van der Waals surface area contributed by atoms with Crippen molar-refractivity contribution in [2.24, 2.45) is 0 Å². The lowest BCUT2D eigenvalue weighted by atomic mass is 10.5. The molecule has 1 aromatic rings. The fraction of sp³-hybridized carbons (Fsp3) is 0.750. The van der Waals surface area contributed by atoms with E-state index in [1.807, 2.05) is 0 Å². The van der Waals surface area contributed by atoms with Gasteiger partial charge >= 0.3 is 0 Å². The molecule has 0 fully saturated rings. The van der Waals surface area contributed by atoms with Gasteiger partial charge in [-0.1, -0.05) is 4.49 Å². The summed E-state index contributed by atoms with van der Waals surface area (Å²) in [7, 11) is 0. The molecule has 0 aliphatic heterocycles. The van der Waals surface area contributed by atoms with E-state index in [4.69, 9.17) is 5.11 Å². The van der Waals surface area contributed by atoms with Gasteiger partial charge in [-0.25, -0.2) is 0 Å². The number of hydrogen-bond donors (Lipinski definition) is 2. The van der Waals surface area contributed by atoms with Crippen LogP contribution in [0, 0.1) is 0 Å². The molecule has 80 valence electrons. The Morgan fingerprint density at radius 1 is 1.57 bits per heavy atom. The van der Waals surface area contributed by atoms with Gasteiger partial charge in [0.1, 0.15) is 10.7 Å². The summed E-state index contributed by atoms with van der Waals surface area (Å²) in [4.78, 5) is 0. The summed E-state index contributed by atoms with van der Waals surface area (Å²) in [6.07, 6.45) is 0.846. The lowest BCUT2D eigenvalue weighted by Gasteiger charge is -2.01. The van der Waals surface area contributed by atoms with Crippen molar-refractivity contribution in [1.29, 1.82) is 0 Å². The third-order valence-corrected chi connectivity index (χ3v) is 3.36. The first-order valence-electron chi connectivity index (χ1n) is 4.62. The fourth-order valence-electron chi connectivity index (χ4n) is 0.933. The molecule has 0 spiro atoms. The minimum Gasteiger partial charge on any atom is -0.396 e. The van der Waals surface area contributed by atoms with Gasteiger partial charge in [0.25, 0.3) is 0 Å². The zero-order valence-electron chi connectivity index (χ0n) is 8.19. The van der Waals surface area contributed by atoms with Crippen LogP contribution in [0.1, 0.15) is 19.0 Å². The molecule has 0 aromatic carbocycles. The molecule has 0 saturated heterocycles. The predicted molar refractivity (Wildman–Crippen MR) is 61.9 cm³/mol. The number of nitrogens with one attached hydrogen (secondary N) is 1. The predicted octanol–water partition coefficient (Wildman–Crippen LogP) is 1.59. The van der Waals surface area contributed by atoms with Gasteiger partial charge in [-0.2, -0.15) is 11.8 Å². The van der Waals surface area contributed by atoms with E-state index in [0.717, 1.165) is 35.2 Å². The molecule has 0 atom stereocenters. The summed E-state index contributed by atoms with van der Waals surface area (Å²) in [6.45, 7) is 3.23. The third-order valence-electron chi connectivity index (χ3n) is 1.58. The van der Waals surface area contributed by atoms with Crippen LogP contribution in [0.5, 0.6) is 0 Å². The molecule has 1 rings (SSSR count). The first-order chi connectivity index (χ1) is 6.88.